The van der Waals surface area contributed by atoms with Gasteiger partial charge in [-0.05, 0) is 36.1 Å². The van der Waals surface area contributed by atoms with Gasteiger partial charge in [0.05, 0.1) is 0 Å². The van der Waals surface area contributed by atoms with E-state index in [1.54, 1.807) is 6.07 Å². The molecule has 0 saturated carbocycles. The number of hydrogen-bond acceptors (Lipinski definition) is 3. The minimum atomic E-state index is -0.111. The molecular formula is C16H18ClN3O. The Morgan fingerprint density at radius 3 is 2.67 bits per heavy atom. The third-order valence-electron chi connectivity index (χ3n) is 3.23. The van der Waals surface area contributed by atoms with Crippen molar-refractivity contribution in [1.82, 2.24) is 4.98 Å². The van der Waals surface area contributed by atoms with Crippen molar-refractivity contribution in [2.45, 2.75) is 26.7 Å². The lowest BCUT2D eigenvalue weighted by atomic mass is 10.0. The number of benzene rings is 1. The smallest absolute Gasteiger partial charge is 0.238 e. The largest absolute Gasteiger partial charge is 0.437 e. The predicted molar refractivity (Wildman–Crippen MR) is 85.6 cm³/mol. The van der Waals surface area contributed by atoms with Crippen LogP contribution < -0.4 is 10.5 Å². The molecule has 0 radical (unpaired) electrons. The lowest BCUT2D eigenvalue weighted by molar-refractivity contribution is 0.458. The van der Waals surface area contributed by atoms with Crippen molar-refractivity contribution in [3.8, 4) is 11.6 Å². The van der Waals surface area contributed by atoms with Crippen LogP contribution in [0.3, 0.4) is 0 Å². The zero-order valence-electron chi connectivity index (χ0n) is 12.3. The van der Waals surface area contributed by atoms with Gasteiger partial charge in [-0.15, -0.1) is 0 Å². The molecule has 2 aromatic rings. The summed E-state index contributed by atoms with van der Waals surface area (Å²) < 4.78 is 5.83. The highest BCUT2D eigenvalue weighted by Gasteiger charge is 2.13. The molecule has 4 nitrogen and oxygen atoms in total. The third-order valence-corrected chi connectivity index (χ3v) is 3.60. The monoisotopic (exact) mass is 303 g/mol. The van der Waals surface area contributed by atoms with Crippen molar-refractivity contribution in [3.63, 3.8) is 0 Å². The van der Waals surface area contributed by atoms with Crippen LogP contribution in [0.15, 0.2) is 30.5 Å². The van der Waals surface area contributed by atoms with E-state index in [-0.39, 0.29) is 16.7 Å². The molecule has 1 heterocycles. The van der Waals surface area contributed by atoms with Gasteiger partial charge in [0.15, 0.2) is 0 Å². The molecule has 0 aliphatic carbocycles. The van der Waals surface area contributed by atoms with E-state index in [2.05, 4.69) is 24.9 Å². The quantitative estimate of drug-likeness (QED) is 0.655. The summed E-state index contributed by atoms with van der Waals surface area (Å²) in [5.41, 5.74) is 8.07. The number of aromatic nitrogens is 1. The molecule has 0 fully saturated rings. The molecule has 1 aromatic heterocycles. The lowest BCUT2D eigenvalue weighted by Gasteiger charge is -2.13. The summed E-state index contributed by atoms with van der Waals surface area (Å²) in [7, 11) is 0. The lowest BCUT2D eigenvalue weighted by Crippen LogP contribution is -2.12. The second-order valence-corrected chi connectivity index (χ2v) is 5.55. The molecule has 0 aliphatic rings. The van der Waals surface area contributed by atoms with Crippen LogP contribution in [0.5, 0.6) is 11.6 Å². The number of ether oxygens (including phenoxy) is 1. The number of aryl methyl sites for hydroxylation is 1. The molecule has 0 amide bonds. The van der Waals surface area contributed by atoms with Crippen LogP contribution in [0.25, 0.3) is 0 Å². The third kappa shape index (κ3) is 3.34. The molecule has 0 saturated heterocycles. The van der Waals surface area contributed by atoms with Crippen molar-refractivity contribution >= 4 is 17.4 Å². The van der Waals surface area contributed by atoms with E-state index < -0.39 is 0 Å². The van der Waals surface area contributed by atoms with E-state index in [1.807, 2.05) is 19.1 Å². The molecule has 0 spiro atoms. The average molecular weight is 304 g/mol. The number of rotatable bonds is 4. The minimum Gasteiger partial charge on any atom is -0.437 e. The van der Waals surface area contributed by atoms with Gasteiger partial charge in [0.2, 0.25) is 5.88 Å². The van der Waals surface area contributed by atoms with E-state index in [0.29, 0.717) is 17.2 Å². The van der Waals surface area contributed by atoms with E-state index in [4.69, 9.17) is 27.5 Å². The van der Waals surface area contributed by atoms with Gasteiger partial charge in [-0.2, -0.15) is 0 Å². The van der Waals surface area contributed by atoms with Gasteiger partial charge >= 0.3 is 0 Å². The highest BCUT2D eigenvalue weighted by Crippen LogP contribution is 2.32. The minimum absolute atomic E-state index is 0.111. The summed E-state index contributed by atoms with van der Waals surface area (Å²) >= 11 is 6.20. The van der Waals surface area contributed by atoms with E-state index in [0.717, 1.165) is 5.56 Å². The molecule has 0 aliphatic heterocycles. The number of nitrogens with zero attached hydrogens (tertiary/aromatic N) is 1. The Bertz CT molecular complexity index is 683. The first-order valence-corrected chi connectivity index (χ1v) is 7.05. The Morgan fingerprint density at radius 1 is 1.33 bits per heavy atom. The van der Waals surface area contributed by atoms with Crippen LogP contribution in [0.2, 0.25) is 5.02 Å². The summed E-state index contributed by atoms with van der Waals surface area (Å²) in [5, 5.41) is 7.74. The van der Waals surface area contributed by atoms with Crippen LogP contribution in [0, 0.1) is 12.3 Å². The highest BCUT2D eigenvalue weighted by molar-refractivity contribution is 6.35. The van der Waals surface area contributed by atoms with Crippen molar-refractivity contribution in [3.05, 3.63) is 52.2 Å². The first kappa shape index (κ1) is 15.3. The Morgan fingerprint density at radius 2 is 2.05 bits per heavy atom. The number of pyridine rings is 1. The highest BCUT2D eigenvalue weighted by atomic mass is 35.5. The van der Waals surface area contributed by atoms with Gasteiger partial charge < -0.3 is 10.5 Å². The molecule has 110 valence electrons. The number of nitrogens with one attached hydrogen (secondary N) is 1. The summed E-state index contributed by atoms with van der Waals surface area (Å²) in [4.78, 5) is 4.13. The maximum Gasteiger partial charge on any atom is 0.238 e. The maximum absolute atomic E-state index is 7.50. The zero-order chi connectivity index (χ0) is 15.6. The topological polar surface area (TPSA) is 72.0 Å². The normalized spacial score (nSPS) is 10.7. The van der Waals surface area contributed by atoms with Gasteiger partial charge in [0, 0.05) is 11.8 Å². The number of nitrogens with two attached hydrogens (primary N) is 1. The number of nitrogen functional groups attached to an aromatic ring is 1. The molecule has 0 unspecified atom stereocenters. The molecule has 1 aromatic carbocycles. The Hall–Kier alpha value is -2.07. The van der Waals surface area contributed by atoms with Crippen LogP contribution in [-0.4, -0.2) is 10.8 Å². The van der Waals surface area contributed by atoms with Gasteiger partial charge in [-0.1, -0.05) is 37.6 Å². The van der Waals surface area contributed by atoms with Crippen molar-refractivity contribution < 1.29 is 4.74 Å². The van der Waals surface area contributed by atoms with E-state index in [1.165, 1.54) is 11.8 Å². The van der Waals surface area contributed by atoms with E-state index in [9.17, 15) is 0 Å². The van der Waals surface area contributed by atoms with Crippen LogP contribution in [0.4, 0.5) is 0 Å². The molecule has 2 rings (SSSR count). The van der Waals surface area contributed by atoms with Crippen molar-refractivity contribution in [2.75, 3.05) is 0 Å². The second-order valence-electron chi connectivity index (χ2n) is 5.17. The molecule has 5 heteroatoms. The molecule has 21 heavy (non-hydrogen) atoms. The Balaban J connectivity index is 2.41. The molecular weight excluding hydrogens is 286 g/mol. The van der Waals surface area contributed by atoms with Gasteiger partial charge in [0.1, 0.15) is 16.6 Å². The predicted octanol–water partition coefficient (Wildman–Crippen LogP) is 4.24. The fourth-order valence-corrected chi connectivity index (χ4v) is 2.15. The number of hydrogen-bond donors (Lipinski definition) is 2. The molecule has 0 bridgehead atoms. The first-order chi connectivity index (χ1) is 9.90. The van der Waals surface area contributed by atoms with E-state index >= 15 is 0 Å². The van der Waals surface area contributed by atoms with Gasteiger partial charge in [-0.25, -0.2) is 4.98 Å². The average Bonchev–Trinajstić information content (AvgIpc) is 2.42. The fourth-order valence-electron chi connectivity index (χ4n) is 1.89. The summed E-state index contributed by atoms with van der Waals surface area (Å²) in [5.74, 6) is 1.25. The Labute approximate surface area is 129 Å². The number of halogens is 1. The van der Waals surface area contributed by atoms with Crippen molar-refractivity contribution in [1.29, 1.82) is 5.41 Å². The maximum atomic E-state index is 7.50. The standard InChI is InChI=1S/C16H18ClN3O/c1-9(2)11-5-4-10(3)13(8-11)21-16-14(17)12(15(18)19)6-7-20-16/h4-9H,1-3H3,(H3,18,19). The van der Waals surface area contributed by atoms with Crippen LogP contribution in [0.1, 0.15) is 36.5 Å². The van der Waals surface area contributed by atoms with Gasteiger partial charge in [0.25, 0.3) is 0 Å². The first-order valence-electron chi connectivity index (χ1n) is 6.67. The van der Waals surface area contributed by atoms with Crippen LogP contribution >= 0.6 is 11.6 Å². The summed E-state index contributed by atoms with van der Waals surface area (Å²) in [6.07, 6.45) is 1.53. The fraction of sp³-hybridized carbons (Fsp3) is 0.250. The van der Waals surface area contributed by atoms with Gasteiger partial charge in [-0.3, -0.25) is 5.41 Å². The Kier molecular flexibility index (Phi) is 4.48. The van der Waals surface area contributed by atoms with Crippen LogP contribution in [-0.2, 0) is 0 Å². The number of amidine groups is 1. The SMILES string of the molecule is Cc1ccc(C(C)C)cc1Oc1nccc(C(=N)N)c1Cl. The van der Waals surface area contributed by atoms with Crippen molar-refractivity contribution in [2.24, 2.45) is 5.73 Å². The molecule has 0 atom stereocenters. The summed E-state index contributed by atoms with van der Waals surface area (Å²) in [6, 6.07) is 7.66. The second kappa shape index (κ2) is 6.14. The molecule has 3 N–H and O–H groups in total. The summed E-state index contributed by atoms with van der Waals surface area (Å²) in [6.45, 7) is 6.20. The zero-order valence-corrected chi connectivity index (χ0v) is 13.0.